The van der Waals surface area contributed by atoms with Gasteiger partial charge in [0, 0.05) is 18.2 Å². The maximum absolute atomic E-state index is 12.3. The number of hydrogen-bond donors (Lipinski definition) is 2. The molecule has 2 aromatic carbocycles. The summed E-state index contributed by atoms with van der Waals surface area (Å²) in [5.74, 6) is -0.178. The second-order valence-electron chi connectivity index (χ2n) is 6.56. The van der Waals surface area contributed by atoms with Crippen LogP contribution in [0.2, 0.25) is 0 Å². The Kier molecular flexibility index (Phi) is 4.53. The summed E-state index contributed by atoms with van der Waals surface area (Å²) in [4.78, 5) is 29.7. The second-order valence-corrected chi connectivity index (χ2v) is 7.59. The summed E-state index contributed by atoms with van der Waals surface area (Å²) in [7, 11) is 0. The van der Waals surface area contributed by atoms with Gasteiger partial charge in [-0.3, -0.25) is 10.1 Å². The lowest BCUT2D eigenvalue weighted by Crippen LogP contribution is -2.39. The fourth-order valence-electron chi connectivity index (χ4n) is 3.60. The Bertz CT molecular complexity index is 973. The summed E-state index contributed by atoms with van der Waals surface area (Å²) in [6.07, 6.45) is 0.546. The average Bonchev–Trinajstić information content (AvgIpc) is 3.22. The van der Waals surface area contributed by atoms with Crippen molar-refractivity contribution in [2.24, 2.45) is 0 Å². The van der Waals surface area contributed by atoms with E-state index in [-0.39, 0.29) is 11.9 Å². The number of nitrogens with one attached hydrogen (secondary N) is 1. The van der Waals surface area contributed by atoms with E-state index in [4.69, 9.17) is 0 Å². The Morgan fingerprint density at radius 3 is 2.59 bits per heavy atom. The van der Waals surface area contributed by atoms with Gasteiger partial charge in [0.05, 0.1) is 10.2 Å². The fourth-order valence-corrected chi connectivity index (χ4v) is 4.51. The molecule has 3 aromatic rings. The van der Waals surface area contributed by atoms with Crippen molar-refractivity contribution in [1.82, 2.24) is 9.88 Å². The average molecular weight is 381 g/mol. The summed E-state index contributed by atoms with van der Waals surface area (Å²) in [6.45, 7) is 2.34. The van der Waals surface area contributed by atoms with Crippen LogP contribution >= 0.6 is 11.3 Å². The zero-order chi connectivity index (χ0) is 19.0. The first-order valence-electron chi connectivity index (χ1n) is 8.83. The molecule has 1 heterocycles. The lowest BCUT2D eigenvalue weighted by molar-refractivity contribution is 0.102. The maximum atomic E-state index is 12.3. The van der Waals surface area contributed by atoms with Gasteiger partial charge in [-0.25, -0.2) is 9.78 Å². The quantitative estimate of drug-likeness (QED) is 0.715. The van der Waals surface area contributed by atoms with E-state index < -0.39 is 6.09 Å². The summed E-state index contributed by atoms with van der Waals surface area (Å²) in [6, 6.07) is 13.1. The highest BCUT2D eigenvalue weighted by atomic mass is 32.1. The molecule has 0 radical (unpaired) electrons. The van der Waals surface area contributed by atoms with Crippen LogP contribution in [0, 0.1) is 0 Å². The van der Waals surface area contributed by atoms with Crippen LogP contribution in [0.5, 0.6) is 0 Å². The van der Waals surface area contributed by atoms with Crippen LogP contribution in [0.1, 0.15) is 28.4 Å². The van der Waals surface area contributed by atoms with Gasteiger partial charge in [0.15, 0.2) is 5.13 Å². The molecule has 0 bridgehead atoms. The van der Waals surface area contributed by atoms with Gasteiger partial charge in [-0.2, -0.15) is 0 Å². The molecule has 0 saturated heterocycles. The summed E-state index contributed by atoms with van der Waals surface area (Å²) in [5, 5.41) is 12.8. The van der Waals surface area contributed by atoms with Gasteiger partial charge in [-0.1, -0.05) is 29.5 Å². The van der Waals surface area contributed by atoms with Crippen molar-refractivity contribution in [3.63, 3.8) is 0 Å². The molecule has 2 amide bonds. The number of fused-ring (bicyclic) bond motifs is 2. The SMILES string of the molecule is CCN(C(=O)O)[C@@H]1Cc2cc3nc(NC(=O)c4ccccc4)sc3cc2C1. The smallest absolute Gasteiger partial charge is 0.407 e. The van der Waals surface area contributed by atoms with Gasteiger partial charge >= 0.3 is 6.09 Å². The number of nitrogens with zero attached hydrogens (tertiary/aromatic N) is 2. The molecule has 0 saturated carbocycles. The molecular weight excluding hydrogens is 362 g/mol. The number of likely N-dealkylation sites (N-methyl/N-ethyl adjacent to an activating group) is 1. The van der Waals surface area contributed by atoms with Crippen molar-refractivity contribution in [3.8, 4) is 0 Å². The minimum absolute atomic E-state index is 0.0174. The van der Waals surface area contributed by atoms with Crippen molar-refractivity contribution < 1.29 is 14.7 Å². The number of thiazole rings is 1. The van der Waals surface area contributed by atoms with Crippen LogP contribution in [0.3, 0.4) is 0 Å². The standard InChI is InChI=1S/C20H19N3O3S/c1-2-23(20(25)26)15-8-13-10-16-17(11-14(13)9-15)27-19(21-16)22-18(24)12-6-4-3-5-7-12/h3-7,10-11,15H,2,8-9H2,1H3,(H,25,26)(H,21,22,24)/t15-/m1/s1. The topological polar surface area (TPSA) is 82.5 Å². The number of carboxylic acid groups (broad SMARTS) is 1. The number of anilines is 1. The zero-order valence-electron chi connectivity index (χ0n) is 14.8. The van der Waals surface area contributed by atoms with E-state index >= 15 is 0 Å². The minimum atomic E-state index is -0.874. The monoisotopic (exact) mass is 381 g/mol. The molecule has 0 aliphatic heterocycles. The molecule has 6 nitrogen and oxygen atoms in total. The zero-order valence-corrected chi connectivity index (χ0v) is 15.6. The van der Waals surface area contributed by atoms with Gasteiger partial charge in [0.1, 0.15) is 0 Å². The number of benzene rings is 2. The number of rotatable bonds is 4. The molecule has 7 heteroatoms. The highest BCUT2D eigenvalue weighted by Crippen LogP contribution is 2.34. The Morgan fingerprint density at radius 2 is 1.93 bits per heavy atom. The minimum Gasteiger partial charge on any atom is -0.465 e. The lowest BCUT2D eigenvalue weighted by atomic mass is 10.1. The third kappa shape index (κ3) is 3.38. The highest BCUT2D eigenvalue weighted by molar-refractivity contribution is 7.22. The van der Waals surface area contributed by atoms with E-state index in [1.54, 1.807) is 12.1 Å². The predicted octanol–water partition coefficient (Wildman–Crippen LogP) is 4.02. The molecule has 1 aliphatic rings. The number of hydrogen-bond acceptors (Lipinski definition) is 4. The van der Waals surface area contributed by atoms with Crippen LogP contribution in [-0.2, 0) is 12.8 Å². The Balaban J connectivity index is 1.55. The van der Waals surface area contributed by atoms with Crippen molar-refractivity contribution in [2.75, 3.05) is 11.9 Å². The molecule has 1 aliphatic carbocycles. The summed E-state index contributed by atoms with van der Waals surface area (Å²) in [5.41, 5.74) is 3.73. The normalized spacial score (nSPS) is 15.5. The van der Waals surface area contributed by atoms with E-state index in [9.17, 15) is 14.7 Å². The van der Waals surface area contributed by atoms with Crippen LogP contribution in [0.4, 0.5) is 9.93 Å². The highest BCUT2D eigenvalue weighted by Gasteiger charge is 2.29. The lowest BCUT2D eigenvalue weighted by Gasteiger charge is -2.24. The first kappa shape index (κ1) is 17.5. The number of carbonyl (C=O) groups excluding carboxylic acids is 1. The molecule has 0 unspecified atom stereocenters. The number of aromatic nitrogens is 1. The molecule has 0 spiro atoms. The largest absolute Gasteiger partial charge is 0.465 e. The number of amides is 2. The van der Waals surface area contributed by atoms with Gasteiger partial charge in [-0.15, -0.1) is 0 Å². The van der Waals surface area contributed by atoms with Gasteiger partial charge < -0.3 is 10.0 Å². The first-order chi connectivity index (χ1) is 13.0. The third-order valence-electron chi connectivity index (χ3n) is 4.90. The van der Waals surface area contributed by atoms with Crippen molar-refractivity contribution in [1.29, 1.82) is 0 Å². The van der Waals surface area contributed by atoms with Crippen LogP contribution in [0.25, 0.3) is 10.2 Å². The Hall–Kier alpha value is -2.93. The van der Waals surface area contributed by atoms with Crippen LogP contribution < -0.4 is 5.32 Å². The van der Waals surface area contributed by atoms with Crippen molar-refractivity contribution in [3.05, 3.63) is 59.2 Å². The van der Waals surface area contributed by atoms with Gasteiger partial charge in [-0.05, 0) is 55.2 Å². The molecule has 4 rings (SSSR count). The van der Waals surface area contributed by atoms with Crippen LogP contribution in [-0.4, -0.2) is 39.6 Å². The second kappa shape index (κ2) is 7.00. The van der Waals surface area contributed by atoms with E-state index in [0.29, 0.717) is 23.7 Å². The maximum Gasteiger partial charge on any atom is 0.407 e. The first-order valence-corrected chi connectivity index (χ1v) is 9.65. The van der Waals surface area contributed by atoms with E-state index in [1.165, 1.54) is 16.2 Å². The van der Waals surface area contributed by atoms with Crippen molar-refractivity contribution in [2.45, 2.75) is 25.8 Å². The van der Waals surface area contributed by atoms with Gasteiger partial charge in [0.25, 0.3) is 5.91 Å². The Labute approximate surface area is 160 Å². The predicted molar refractivity (Wildman–Crippen MR) is 106 cm³/mol. The third-order valence-corrected chi connectivity index (χ3v) is 5.84. The van der Waals surface area contributed by atoms with E-state index in [2.05, 4.69) is 16.4 Å². The molecule has 1 aromatic heterocycles. The molecule has 27 heavy (non-hydrogen) atoms. The molecule has 0 fully saturated rings. The molecule has 1 atom stereocenters. The Morgan fingerprint density at radius 1 is 1.22 bits per heavy atom. The summed E-state index contributed by atoms with van der Waals surface area (Å²) < 4.78 is 0.996. The van der Waals surface area contributed by atoms with Crippen LogP contribution in [0.15, 0.2) is 42.5 Å². The molecular formula is C20H19N3O3S. The molecule has 138 valence electrons. The van der Waals surface area contributed by atoms with Gasteiger partial charge in [0.2, 0.25) is 0 Å². The fraction of sp³-hybridized carbons (Fsp3) is 0.250. The molecule has 2 N–H and O–H groups in total. The summed E-state index contributed by atoms with van der Waals surface area (Å²) >= 11 is 1.43. The van der Waals surface area contributed by atoms with Crippen molar-refractivity contribution >= 4 is 38.7 Å². The number of carbonyl (C=O) groups is 2. The van der Waals surface area contributed by atoms with E-state index in [0.717, 1.165) is 27.8 Å². The van der Waals surface area contributed by atoms with E-state index in [1.807, 2.05) is 31.2 Å².